The minimum absolute atomic E-state index is 0.0733. The van der Waals surface area contributed by atoms with E-state index in [1.807, 2.05) is 37.4 Å². The zero-order chi connectivity index (χ0) is 14.3. The van der Waals surface area contributed by atoms with Gasteiger partial charge in [0.25, 0.3) is 5.56 Å². The van der Waals surface area contributed by atoms with Gasteiger partial charge >= 0.3 is 0 Å². The maximum Gasteiger partial charge on any atom is 0.275 e. The second kappa shape index (κ2) is 4.96. The molecule has 0 atom stereocenters. The third-order valence-corrected chi connectivity index (χ3v) is 5.42. The van der Waals surface area contributed by atoms with E-state index in [0.29, 0.717) is 15.9 Å². The zero-order valence-electron chi connectivity index (χ0n) is 11.1. The lowest BCUT2D eigenvalue weighted by Crippen LogP contribution is -2.17. The fourth-order valence-corrected chi connectivity index (χ4v) is 3.74. The lowest BCUT2D eigenvalue weighted by Gasteiger charge is -2.05. The molecule has 2 N–H and O–H groups in total. The standard InChI is InChI=1S/C14H13N3OS2/c1-8-3-5-9(6-4-8)17-7-16-11-10(15)14(19-2)20-12(11)13(17)18/h3-7H,15H2,1-2H3. The van der Waals surface area contributed by atoms with Gasteiger partial charge in [-0.05, 0) is 25.3 Å². The Morgan fingerprint density at radius 3 is 2.65 bits per heavy atom. The van der Waals surface area contributed by atoms with Crippen molar-refractivity contribution < 1.29 is 0 Å². The molecule has 0 unspecified atom stereocenters. The Hall–Kier alpha value is -1.79. The van der Waals surface area contributed by atoms with Crippen molar-refractivity contribution in [2.24, 2.45) is 0 Å². The molecule has 20 heavy (non-hydrogen) atoms. The van der Waals surface area contributed by atoms with Gasteiger partial charge in [-0.15, -0.1) is 23.1 Å². The molecule has 0 spiro atoms. The number of rotatable bonds is 2. The topological polar surface area (TPSA) is 60.9 Å². The van der Waals surface area contributed by atoms with Crippen LogP contribution in [-0.2, 0) is 0 Å². The number of aryl methyl sites for hydroxylation is 1. The highest BCUT2D eigenvalue weighted by Crippen LogP contribution is 2.36. The van der Waals surface area contributed by atoms with Crippen LogP contribution in [0.4, 0.5) is 5.69 Å². The summed E-state index contributed by atoms with van der Waals surface area (Å²) >= 11 is 2.94. The minimum Gasteiger partial charge on any atom is -0.395 e. The number of nitrogens with zero attached hydrogens (tertiary/aromatic N) is 2. The highest BCUT2D eigenvalue weighted by atomic mass is 32.2. The zero-order valence-corrected chi connectivity index (χ0v) is 12.7. The van der Waals surface area contributed by atoms with Crippen LogP contribution in [0.3, 0.4) is 0 Å². The molecule has 0 amide bonds. The number of nitrogens with two attached hydrogens (primary N) is 1. The number of hydrogen-bond acceptors (Lipinski definition) is 5. The second-order valence-electron chi connectivity index (χ2n) is 4.44. The second-order valence-corrected chi connectivity index (χ2v) is 6.54. The van der Waals surface area contributed by atoms with Crippen LogP contribution < -0.4 is 11.3 Å². The lowest BCUT2D eigenvalue weighted by molar-refractivity contribution is 0.966. The van der Waals surface area contributed by atoms with E-state index >= 15 is 0 Å². The average molecular weight is 303 g/mol. The van der Waals surface area contributed by atoms with Crippen molar-refractivity contribution in [3.8, 4) is 5.69 Å². The first-order valence-corrected chi connectivity index (χ1v) is 8.06. The molecule has 0 bridgehead atoms. The summed E-state index contributed by atoms with van der Waals surface area (Å²) in [4.78, 5) is 16.9. The predicted octanol–water partition coefficient (Wildman–Crippen LogP) is 3.06. The van der Waals surface area contributed by atoms with Crippen LogP contribution in [0.1, 0.15) is 5.56 Å². The van der Waals surface area contributed by atoms with Gasteiger partial charge in [-0.1, -0.05) is 17.7 Å². The molecule has 2 heterocycles. The number of hydrogen-bond donors (Lipinski definition) is 1. The van der Waals surface area contributed by atoms with Crippen LogP contribution in [0.15, 0.2) is 39.6 Å². The van der Waals surface area contributed by atoms with Crippen molar-refractivity contribution in [2.75, 3.05) is 12.0 Å². The largest absolute Gasteiger partial charge is 0.395 e. The molecule has 3 aromatic rings. The molecule has 0 aliphatic carbocycles. The van der Waals surface area contributed by atoms with Crippen LogP contribution in [-0.4, -0.2) is 15.8 Å². The number of benzene rings is 1. The van der Waals surface area contributed by atoms with E-state index in [2.05, 4.69) is 4.98 Å². The van der Waals surface area contributed by atoms with E-state index in [1.165, 1.54) is 23.1 Å². The third-order valence-electron chi connectivity index (χ3n) is 3.10. The number of nitrogen functional groups attached to an aromatic ring is 1. The van der Waals surface area contributed by atoms with Crippen molar-refractivity contribution in [3.63, 3.8) is 0 Å². The van der Waals surface area contributed by atoms with E-state index in [4.69, 9.17) is 5.73 Å². The molecular formula is C14H13N3OS2. The third kappa shape index (κ3) is 2.01. The SMILES string of the molecule is CSc1sc2c(=O)n(-c3ccc(C)cc3)cnc2c1N. The van der Waals surface area contributed by atoms with Crippen molar-refractivity contribution in [1.29, 1.82) is 0 Å². The molecule has 1 aromatic carbocycles. The normalized spacial score (nSPS) is 11.1. The summed E-state index contributed by atoms with van der Waals surface area (Å²) in [6.07, 6.45) is 3.49. The quantitative estimate of drug-likeness (QED) is 0.739. The van der Waals surface area contributed by atoms with Gasteiger partial charge < -0.3 is 5.73 Å². The van der Waals surface area contributed by atoms with E-state index in [1.54, 1.807) is 10.9 Å². The first-order chi connectivity index (χ1) is 9.61. The Balaban J connectivity index is 2.26. The highest BCUT2D eigenvalue weighted by Gasteiger charge is 2.14. The monoisotopic (exact) mass is 303 g/mol. The molecule has 0 radical (unpaired) electrons. The van der Waals surface area contributed by atoms with Crippen molar-refractivity contribution in [3.05, 3.63) is 46.5 Å². The molecule has 0 saturated carbocycles. The lowest BCUT2D eigenvalue weighted by atomic mass is 10.2. The maximum atomic E-state index is 12.6. The molecule has 2 aromatic heterocycles. The first-order valence-electron chi connectivity index (χ1n) is 6.02. The maximum absolute atomic E-state index is 12.6. The number of thioether (sulfide) groups is 1. The Morgan fingerprint density at radius 2 is 2.00 bits per heavy atom. The molecule has 0 aliphatic heterocycles. The average Bonchev–Trinajstić information content (AvgIpc) is 2.78. The van der Waals surface area contributed by atoms with Gasteiger partial charge in [-0.2, -0.15) is 0 Å². The van der Waals surface area contributed by atoms with Gasteiger partial charge in [0.2, 0.25) is 0 Å². The first kappa shape index (κ1) is 13.2. The molecule has 4 nitrogen and oxygen atoms in total. The summed E-state index contributed by atoms with van der Waals surface area (Å²) in [5.74, 6) is 0. The van der Waals surface area contributed by atoms with Crippen LogP contribution in [0.5, 0.6) is 0 Å². The Bertz CT molecular complexity index is 834. The van der Waals surface area contributed by atoms with Crippen LogP contribution in [0.2, 0.25) is 0 Å². The van der Waals surface area contributed by atoms with E-state index in [-0.39, 0.29) is 5.56 Å². The molecule has 0 aliphatic rings. The molecule has 0 fully saturated rings. The molecule has 6 heteroatoms. The van der Waals surface area contributed by atoms with E-state index < -0.39 is 0 Å². The summed E-state index contributed by atoms with van der Waals surface area (Å²) in [6, 6.07) is 7.78. The fourth-order valence-electron chi connectivity index (χ4n) is 2.01. The summed E-state index contributed by atoms with van der Waals surface area (Å²) in [5.41, 5.74) is 9.11. The molecule has 3 rings (SSSR count). The van der Waals surface area contributed by atoms with Crippen LogP contribution in [0.25, 0.3) is 15.9 Å². The number of fused-ring (bicyclic) bond motifs is 1. The summed E-state index contributed by atoms with van der Waals surface area (Å²) < 4.78 is 3.10. The van der Waals surface area contributed by atoms with Gasteiger partial charge in [-0.3, -0.25) is 9.36 Å². The smallest absolute Gasteiger partial charge is 0.275 e. The van der Waals surface area contributed by atoms with Crippen LogP contribution >= 0.6 is 23.1 Å². The minimum atomic E-state index is -0.0733. The highest BCUT2D eigenvalue weighted by molar-refractivity contribution is 8.00. The fraction of sp³-hybridized carbons (Fsp3) is 0.143. The summed E-state index contributed by atoms with van der Waals surface area (Å²) in [7, 11) is 0. The molecule has 0 saturated heterocycles. The van der Waals surface area contributed by atoms with Gasteiger partial charge in [0.1, 0.15) is 16.5 Å². The molecular weight excluding hydrogens is 290 g/mol. The van der Waals surface area contributed by atoms with Crippen molar-refractivity contribution in [2.45, 2.75) is 11.1 Å². The Morgan fingerprint density at radius 1 is 1.30 bits per heavy atom. The molecule has 102 valence electrons. The Kier molecular flexibility index (Phi) is 3.27. The predicted molar refractivity (Wildman–Crippen MR) is 86.1 cm³/mol. The van der Waals surface area contributed by atoms with Crippen LogP contribution in [0, 0.1) is 6.92 Å². The van der Waals surface area contributed by atoms with Gasteiger partial charge in [0.15, 0.2) is 0 Å². The van der Waals surface area contributed by atoms with Crippen molar-refractivity contribution in [1.82, 2.24) is 9.55 Å². The van der Waals surface area contributed by atoms with Crippen molar-refractivity contribution >= 4 is 39.0 Å². The van der Waals surface area contributed by atoms with E-state index in [9.17, 15) is 4.79 Å². The summed E-state index contributed by atoms with van der Waals surface area (Å²) in [6.45, 7) is 2.01. The van der Waals surface area contributed by atoms with E-state index in [0.717, 1.165) is 15.5 Å². The van der Waals surface area contributed by atoms with Gasteiger partial charge in [-0.25, -0.2) is 4.98 Å². The summed E-state index contributed by atoms with van der Waals surface area (Å²) in [5, 5.41) is 0. The number of anilines is 1. The Labute approximate surface area is 124 Å². The van der Waals surface area contributed by atoms with Gasteiger partial charge in [0.05, 0.1) is 15.6 Å². The number of thiophene rings is 1. The number of aromatic nitrogens is 2. The van der Waals surface area contributed by atoms with Gasteiger partial charge in [0, 0.05) is 0 Å².